The second-order valence-corrected chi connectivity index (χ2v) is 7.44. The fraction of sp³-hybridized carbons (Fsp3) is 0.316. The predicted molar refractivity (Wildman–Crippen MR) is 107 cm³/mol. The number of ether oxygens (including phenoxy) is 1. The van der Waals surface area contributed by atoms with Crippen molar-refractivity contribution < 1.29 is 17.9 Å². The molecule has 0 amide bonds. The smallest absolute Gasteiger partial charge is 0.173 e. The Balaban J connectivity index is 0.00000225. The number of nitrogens with one attached hydrogen (secondary N) is 1. The largest absolute Gasteiger partial charge is 0.375 e. The van der Waals surface area contributed by atoms with Gasteiger partial charge in [0.1, 0.15) is 11.5 Å². The standard InChI is InChI=1S/C19H17BrF3N3O.ClH/c1-10-2-4-26-14(7-11-9-24-3-5-27-11)19(25-15(26)6-10)16-13(21)8-12(20)17(22)18(16)23;/h2,4,6,8,11,24H,3,5,7,9H2,1H3;1H/t11-;/m0./s1. The zero-order chi connectivity index (χ0) is 19.1. The van der Waals surface area contributed by atoms with Crippen molar-refractivity contribution in [2.45, 2.75) is 19.4 Å². The second-order valence-electron chi connectivity index (χ2n) is 6.58. The summed E-state index contributed by atoms with van der Waals surface area (Å²) in [5.41, 5.74) is 1.72. The highest BCUT2D eigenvalue weighted by Crippen LogP contribution is 2.34. The van der Waals surface area contributed by atoms with E-state index in [1.54, 1.807) is 10.6 Å². The maximum Gasteiger partial charge on any atom is 0.173 e. The molecule has 28 heavy (non-hydrogen) atoms. The van der Waals surface area contributed by atoms with E-state index in [9.17, 15) is 13.2 Å². The Labute approximate surface area is 174 Å². The summed E-state index contributed by atoms with van der Waals surface area (Å²) >= 11 is 2.84. The first-order valence-corrected chi connectivity index (χ1v) is 9.38. The predicted octanol–water partition coefficient (Wildman–Crippen LogP) is 4.44. The monoisotopic (exact) mass is 475 g/mol. The number of pyridine rings is 1. The minimum Gasteiger partial charge on any atom is -0.375 e. The van der Waals surface area contributed by atoms with E-state index in [0.717, 1.165) is 18.2 Å². The summed E-state index contributed by atoms with van der Waals surface area (Å²) in [5, 5.41) is 3.23. The van der Waals surface area contributed by atoms with Gasteiger partial charge in [-0.15, -0.1) is 12.4 Å². The summed E-state index contributed by atoms with van der Waals surface area (Å²) in [5.74, 6) is -3.27. The van der Waals surface area contributed by atoms with E-state index in [1.165, 1.54) is 0 Å². The molecule has 0 saturated carbocycles. The van der Waals surface area contributed by atoms with Gasteiger partial charge in [0.25, 0.3) is 0 Å². The Morgan fingerprint density at radius 3 is 2.79 bits per heavy atom. The highest BCUT2D eigenvalue weighted by molar-refractivity contribution is 9.10. The van der Waals surface area contributed by atoms with Crippen LogP contribution in [0.1, 0.15) is 11.3 Å². The second kappa shape index (κ2) is 8.41. The Hall–Kier alpha value is -1.61. The van der Waals surface area contributed by atoms with Crippen LogP contribution >= 0.6 is 28.3 Å². The quantitative estimate of drug-likeness (QED) is 0.449. The SMILES string of the molecule is Cc1ccn2c(C[C@H]3CNCCO3)c(-c3c(F)cc(Br)c(F)c3F)nc2c1.Cl. The molecule has 1 saturated heterocycles. The van der Waals surface area contributed by atoms with Crippen LogP contribution < -0.4 is 5.32 Å². The lowest BCUT2D eigenvalue weighted by Gasteiger charge is -2.24. The third kappa shape index (κ3) is 3.78. The van der Waals surface area contributed by atoms with Crippen molar-refractivity contribution in [1.82, 2.24) is 14.7 Å². The minimum absolute atomic E-state index is 0. The van der Waals surface area contributed by atoms with Gasteiger partial charge in [-0.05, 0) is 46.6 Å². The van der Waals surface area contributed by atoms with Gasteiger partial charge in [0.15, 0.2) is 11.6 Å². The molecule has 9 heteroatoms. The fourth-order valence-corrected chi connectivity index (χ4v) is 3.72. The van der Waals surface area contributed by atoms with Crippen LogP contribution in [0.5, 0.6) is 0 Å². The van der Waals surface area contributed by atoms with Crippen molar-refractivity contribution in [2.75, 3.05) is 19.7 Å². The van der Waals surface area contributed by atoms with Crippen LogP contribution in [0.15, 0.2) is 28.9 Å². The first kappa shape index (κ1) is 21.1. The molecule has 3 heterocycles. The lowest BCUT2D eigenvalue weighted by atomic mass is 10.0. The normalized spacial score (nSPS) is 17.0. The number of halogens is 5. The average Bonchev–Trinajstić information content (AvgIpc) is 2.98. The van der Waals surface area contributed by atoms with Crippen LogP contribution in [0.2, 0.25) is 0 Å². The van der Waals surface area contributed by atoms with E-state index in [4.69, 9.17) is 4.74 Å². The zero-order valence-corrected chi connectivity index (χ0v) is 17.3. The van der Waals surface area contributed by atoms with E-state index in [0.29, 0.717) is 30.9 Å². The summed E-state index contributed by atoms with van der Waals surface area (Å²) in [6, 6.07) is 4.63. The molecule has 1 N–H and O–H groups in total. The van der Waals surface area contributed by atoms with Crippen molar-refractivity contribution >= 4 is 34.0 Å². The van der Waals surface area contributed by atoms with Gasteiger partial charge in [-0.1, -0.05) is 0 Å². The number of imidazole rings is 1. The Kier molecular flexibility index (Phi) is 6.34. The van der Waals surface area contributed by atoms with Gasteiger partial charge >= 0.3 is 0 Å². The molecule has 4 rings (SSSR count). The highest BCUT2D eigenvalue weighted by Gasteiger charge is 2.27. The van der Waals surface area contributed by atoms with Gasteiger partial charge in [0.2, 0.25) is 0 Å². The molecule has 0 unspecified atom stereocenters. The van der Waals surface area contributed by atoms with E-state index in [1.807, 2.05) is 19.1 Å². The molecule has 0 radical (unpaired) electrons. The third-order valence-corrected chi connectivity index (χ3v) is 5.23. The molecule has 0 spiro atoms. The van der Waals surface area contributed by atoms with Crippen molar-refractivity contribution in [3.05, 3.63) is 57.6 Å². The van der Waals surface area contributed by atoms with E-state index >= 15 is 0 Å². The molecular formula is C19H18BrClF3N3O. The van der Waals surface area contributed by atoms with Gasteiger partial charge in [0.05, 0.1) is 34.1 Å². The average molecular weight is 477 g/mol. The molecule has 1 aliphatic heterocycles. The highest BCUT2D eigenvalue weighted by atomic mass is 79.9. The number of rotatable bonds is 3. The summed E-state index contributed by atoms with van der Waals surface area (Å²) in [4.78, 5) is 4.43. The Morgan fingerprint density at radius 2 is 2.07 bits per heavy atom. The minimum atomic E-state index is -1.26. The Bertz CT molecular complexity index is 1020. The first-order chi connectivity index (χ1) is 13.0. The summed E-state index contributed by atoms with van der Waals surface area (Å²) in [6.07, 6.45) is 2.03. The van der Waals surface area contributed by atoms with Crippen LogP contribution in [-0.2, 0) is 11.2 Å². The van der Waals surface area contributed by atoms with Crippen molar-refractivity contribution in [1.29, 1.82) is 0 Å². The molecule has 1 fully saturated rings. The molecule has 1 aliphatic rings. The molecule has 150 valence electrons. The summed E-state index contributed by atoms with van der Waals surface area (Å²) < 4.78 is 50.6. The van der Waals surface area contributed by atoms with Crippen LogP contribution in [0, 0.1) is 24.4 Å². The van der Waals surface area contributed by atoms with Gasteiger partial charge in [-0.3, -0.25) is 0 Å². The van der Waals surface area contributed by atoms with Crippen LogP contribution in [0.3, 0.4) is 0 Å². The zero-order valence-electron chi connectivity index (χ0n) is 14.9. The Morgan fingerprint density at radius 1 is 1.29 bits per heavy atom. The maximum atomic E-state index is 14.6. The van der Waals surface area contributed by atoms with Gasteiger partial charge in [0, 0.05) is 25.7 Å². The van der Waals surface area contributed by atoms with Crippen molar-refractivity contribution in [3.63, 3.8) is 0 Å². The van der Waals surface area contributed by atoms with Gasteiger partial charge in [-0.25, -0.2) is 18.2 Å². The van der Waals surface area contributed by atoms with E-state index in [-0.39, 0.29) is 28.7 Å². The van der Waals surface area contributed by atoms with Gasteiger partial charge in [-0.2, -0.15) is 0 Å². The lowest BCUT2D eigenvalue weighted by molar-refractivity contribution is 0.0286. The fourth-order valence-electron chi connectivity index (χ4n) is 3.34. The summed E-state index contributed by atoms with van der Waals surface area (Å²) in [7, 11) is 0. The number of hydrogen-bond donors (Lipinski definition) is 1. The van der Waals surface area contributed by atoms with E-state index in [2.05, 4.69) is 26.2 Å². The number of fused-ring (bicyclic) bond motifs is 1. The molecule has 4 nitrogen and oxygen atoms in total. The first-order valence-electron chi connectivity index (χ1n) is 8.59. The number of aryl methyl sites for hydroxylation is 1. The van der Waals surface area contributed by atoms with Crippen molar-refractivity contribution in [2.24, 2.45) is 0 Å². The topological polar surface area (TPSA) is 38.6 Å². The van der Waals surface area contributed by atoms with Crippen molar-refractivity contribution in [3.8, 4) is 11.3 Å². The maximum absolute atomic E-state index is 14.6. The molecular weight excluding hydrogens is 459 g/mol. The summed E-state index contributed by atoms with van der Waals surface area (Å²) in [6.45, 7) is 3.85. The molecule has 1 aromatic carbocycles. The van der Waals surface area contributed by atoms with Gasteiger partial charge < -0.3 is 14.5 Å². The number of morpholine rings is 1. The van der Waals surface area contributed by atoms with Crippen LogP contribution in [-0.4, -0.2) is 35.2 Å². The van der Waals surface area contributed by atoms with E-state index < -0.39 is 23.0 Å². The molecule has 0 aliphatic carbocycles. The molecule has 3 aromatic rings. The lowest BCUT2D eigenvalue weighted by Crippen LogP contribution is -2.39. The molecule has 1 atom stereocenters. The third-order valence-electron chi connectivity index (χ3n) is 4.66. The molecule has 0 bridgehead atoms. The van der Waals surface area contributed by atoms with Crippen LogP contribution in [0.25, 0.3) is 16.9 Å². The number of aromatic nitrogens is 2. The molecule has 2 aromatic heterocycles. The number of benzene rings is 1. The number of nitrogens with zero attached hydrogens (tertiary/aromatic N) is 2. The number of hydrogen-bond acceptors (Lipinski definition) is 3. The van der Waals surface area contributed by atoms with Crippen LogP contribution in [0.4, 0.5) is 13.2 Å².